The van der Waals surface area contributed by atoms with Gasteiger partial charge in [-0.3, -0.25) is 0 Å². The molecular formula is C14H18BrN3O. The number of nitrogens with zero attached hydrogens (tertiary/aromatic N) is 2. The van der Waals surface area contributed by atoms with Crippen LogP contribution in [0, 0.1) is 0 Å². The van der Waals surface area contributed by atoms with Gasteiger partial charge in [-0.25, -0.2) is 4.98 Å². The largest absolute Gasteiger partial charge is 0.385 e. The molecule has 0 atom stereocenters. The van der Waals surface area contributed by atoms with Crippen LogP contribution in [0.4, 0.5) is 5.69 Å². The zero-order valence-electron chi connectivity index (χ0n) is 11.0. The van der Waals surface area contributed by atoms with E-state index in [-0.39, 0.29) is 0 Å². The molecule has 0 unspecified atom stereocenters. The first-order chi connectivity index (χ1) is 9.31. The molecule has 2 aromatic rings. The van der Waals surface area contributed by atoms with Crippen molar-refractivity contribution < 1.29 is 4.74 Å². The predicted molar refractivity (Wildman–Crippen MR) is 80.2 cm³/mol. The van der Waals surface area contributed by atoms with E-state index in [1.54, 1.807) is 13.3 Å². The topological polar surface area (TPSA) is 39.1 Å². The van der Waals surface area contributed by atoms with Crippen molar-refractivity contribution in [1.82, 2.24) is 9.55 Å². The smallest absolute Gasteiger partial charge is 0.0945 e. The molecule has 1 heterocycles. The van der Waals surface area contributed by atoms with Gasteiger partial charge in [0.1, 0.15) is 0 Å². The molecule has 1 aromatic heterocycles. The molecule has 0 saturated heterocycles. The Labute approximate surface area is 121 Å². The van der Waals surface area contributed by atoms with Crippen LogP contribution in [0.15, 0.2) is 41.4 Å². The quantitative estimate of drug-likeness (QED) is 0.795. The molecule has 1 aromatic carbocycles. The first kappa shape index (κ1) is 14.1. The average Bonchev–Trinajstić information content (AvgIpc) is 2.91. The first-order valence-corrected chi connectivity index (χ1v) is 7.06. The fraction of sp³-hybridized carbons (Fsp3) is 0.357. The van der Waals surface area contributed by atoms with Crippen LogP contribution < -0.4 is 5.32 Å². The number of aryl methyl sites for hydroxylation is 1. The highest BCUT2D eigenvalue weighted by molar-refractivity contribution is 9.10. The van der Waals surface area contributed by atoms with Gasteiger partial charge in [0.25, 0.3) is 0 Å². The molecule has 0 spiro atoms. The second-order valence-electron chi connectivity index (χ2n) is 4.28. The minimum absolute atomic E-state index is 0.602. The molecule has 0 bridgehead atoms. The van der Waals surface area contributed by atoms with Crippen LogP contribution in [0.3, 0.4) is 0 Å². The van der Waals surface area contributed by atoms with Crippen molar-refractivity contribution in [3.05, 3.63) is 47.0 Å². The monoisotopic (exact) mass is 323 g/mol. The maximum absolute atomic E-state index is 5.23. The molecule has 1 N–H and O–H groups in total. The lowest BCUT2D eigenvalue weighted by Gasteiger charge is -2.13. The molecular weight excluding hydrogens is 306 g/mol. The Kier molecular flexibility index (Phi) is 5.42. The standard InChI is InChI=1S/C14H18BrN3O/c1-19-10-12-13(15)4-2-5-14(12)17-6-3-8-18-9-7-16-11-18/h2,4-5,7,9,11,17H,3,6,8,10H2,1H3. The number of benzene rings is 1. The SMILES string of the molecule is COCc1c(Br)cccc1NCCCn1ccnc1. The maximum Gasteiger partial charge on any atom is 0.0945 e. The Balaban J connectivity index is 1.86. The van der Waals surface area contributed by atoms with Crippen LogP contribution in [-0.4, -0.2) is 23.2 Å². The van der Waals surface area contributed by atoms with Crippen LogP contribution in [0.25, 0.3) is 0 Å². The van der Waals surface area contributed by atoms with Gasteiger partial charge in [-0.2, -0.15) is 0 Å². The third-order valence-electron chi connectivity index (χ3n) is 2.88. The number of halogens is 1. The number of hydrogen-bond donors (Lipinski definition) is 1. The van der Waals surface area contributed by atoms with Gasteiger partial charge in [0, 0.05) is 48.3 Å². The van der Waals surface area contributed by atoms with Gasteiger partial charge in [-0.05, 0) is 18.6 Å². The zero-order chi connectivity index (χ0) is 13.5. The van der Waals surface area contributed by atoms with Crippen molar-refractivity contribution in [2.24, 2.45) is 0 Å². The summed E-state index contributed by atoms with van der Waals surface area (Å²) in [6, 6.07) is 6.14. The molecule has 0 aliphatic carbocycles. The summed E-state index contributed by atoms with van der Waals surface area (Å²) in [5, 5.41) is 3.46. The van der Waals surface area contributed by atoms with Crippen molar-refractivity contribution in [3.63, 3.8) is 0 Å². The number of nitrogens with one attached hydrogen (secondary N) is 1. The molecule has 0 fully saturated rings. The highest BCUT2D eigenvalue weighted by Gasteiger charge is 2.05. The highest BCUT2D eigenvalue weighted by atomic mass is 79.9. The van der Waals surface area contributed by atoms with Crippen molar-refractivity contribution in [2.75, 3.05) is 19.0 Å². The average molecular weight is 324 g/mol. The summed E-state index contributed by atoms with van der Waals surface area (Å²) < 4.78 is 8.39. The predicted octanol–water partition coefficient (Wildman–Crippen LogP) is 3.29. The Morgan fingerprint density at radius 2 is 2.32 bits per heavy atom. The molecule has 0 aliphatic rings. The van der Waals surface area contributed by atoms with Gasteiger partial charge in [0.2, 0.25) is 0 Å². The maximum atomic E-state index is 5.23. The number of aromatic nitrogens is 2. The van der Waals surface area contributed by atoms with E-state index in [1.165, 1.54) is 0 Å². The Morgan fingerprint density at radius 1 is 1.42 bits per heavy atom. The first-order valence-electron chi connectivity index (χ1n) is 6.27. The Bertz CT molecular complexity index is 499. The van der Waals surface area contributed by atoms with Crippen LogP contribution in [0.5, 0.6) is 0 Å². The Hall–Kier alpha value is -1.33. The van der Waals surface area contributed by atoms with Crippen molar-refractivity contribution >= 4 is 21.6 Å². The second-order valence-corrected chi connectivity index (χ2v) is 5.13. The fourth-order valence-corrected chi connectivity index (χ4v) is 2.40. The van der Waals surface area contributed by atoms with Crippen LogP contribution in [0.1, 0.15) is 12.0 Å². The van der Waals surface area contributed by atoms with Crippen molar-refractivity contribution in [3.8, 4) is 0 Å². The van der Waals surface area contributed by atoms with Crippen molar-refractivity contribution in [1.29, 1.82) is 0 Å². The second kappa shape index (κ2) is 7.31. The third-order valence-corrected chi connectivity index (χ3v) is 3.62. The van der Waals surface area contributed by atoms with E-state index in [0.29, 0.717) is 6.61 Å². The van der Waals surface area contributed by atoms with E-state index in [2.05, 4.69) is 36.9 Å². The minimum atomic E-state index is 0.602. The van der Waals surface area contributed by atoms with Crippen LogP contribution >= 0.6 is 15.9 Å². The molecule has 0 amide bonds. The third kappa shape index (κ3) is 4.08. The van der Waals surface area contributed by atoms with Gasteiger partial charge in [-0.1, -0.05) is 22.0 Å². The van der Waals surface area contributed by atoms with Gasteiger partial charge in [0.15, 0.2) is 0 Å². The van der Waals surface area contributed by atoms with E-state index in [0.717, 1.165) is 35.2 Å². The molecule has 2 rings (SSSR count). The van der Waals surface area contributed by atoms with Gasteiger partial charge in [0.05, 0.1) is 12.9 Å². The molecule has 0 radical (unpaired) electrons. The summed E-state index contributed by atoms with van der Waals surface area (Å²) in [7, 11) is 1.71. The Morgan fingerprint density at radius 3 is 3.05 bits per heavy atom. The van der Waals surface area contributed by atoms with Crippen molar-refractivity contribution in [2.45, 2.75) is 19.6 Å². The van der Waals surface area contributed by atoms with Crippen LogP contribution in [0.2, 0.25) is 0 Å². The molecule has 19 heavy (non-hydrogen) atoms. The van der Waals surface area contributed by atoms with E-state index >= 15 is 0 Å². The molecule has 4 nitrogen and oxygen atoms in total. The minimum Gasteiger partial charge on any atom is -0.385 e. The molecule has 5 heteroatoms. The van der Waals surface area contributed by atoms with E-state index < -0.39 is 0 Å². The summed E-state index contributed by atoms with van der Waals surface area (Å²) in [5.41, 5.74) is 2.29. The summed E-state index contributed by atoms with van der Waals surface area (Å²) >= 11 is 3.56. The lowest BCUT2D eigenvalue weighted by molar-refractivity contribution is 0.185. The van der Waals surface area contributed by atoms with Crippen LogP contribution in [-0.2, 0) is 17.9 Å². The summed E-state index contributed by atoms with van der Waals surface area (Å²) in [4.78, 5) is 4.03. The zero-order valence-corrected chi connectivity index (χ0v) is 12.6. The van der Waals surface area contributed by atoms with Gasteiger partial charge >= 0.3 is 0 Å². The van der Waals surface area contributed by atoms with E-state index in [1.807, 2.05) is 24.7 Å². The van der Waals surface area contributed by atoms with Gasteiger partial charge in [-0.15, -0.1) is 0 Å². The lowest BCUT2D eigenvalue weighted by atomic mass is 10.2. The lowest BCUT2D eigenvalue weighted by Crippen LogP contribution is -2.08. The summed E-state index contributed by atoms with van der Waals surface area (Å²) in [6.07, 6.45) is 6.68. The normalized spacial score (nSPS) is 10.6. The number of ether oxygens (including phenoxy) is 1. The summed E-state index contributed by atoms with van der Waals surface area (Å²) in [5.74, 6) is 0. The number of hydrogen-bond acceptors (Lipinski definition) is 3. The highest BCUT2D eigenvalue weighted by Crippen LogP contribution is 2.25. The molecule has 102 valence electrons. The number of methoxy groups -OCH3 is 1. The van der Waals surface area contributed by atoms with Gasteiger partial charge < -0.3 is 14.6 Å². The summed E-state index contributed by atoms with van der Waals surface area (Å²) in [6.45, 7) is 2.50. The van der Waals surface area contributed by atoms with E-state index in [9.17, 15) is 0 Å². The number of anilines is 1. The fourth-order valence-electron chi connectivity index (χ4n) is 1.92. The number of imidazole rings is 1. The molecule has 0 aliphatic heterocycles. The van der Waals surface area contributed by atoms with E-state index in [4.69, 9.17) is 4.74 Å². The number of rotatable bonds is 7. The molecule has 0 saturated carbocycles.